The van der Waals surface area contributed by atoms with Crippen molar-refractivity contribution in [3.8, 4) is 0 Å². The molecule has 1 unspecified atom stereocenters. The van der Waals surface area contributed by atoms with E-state index in [1.165, 1.54) is 12.8 Å². The molecule has 0 amide bonds. The van der Waals surface area contributed by atoms with Crippen LogP contribution in [0.5, 0.6) is 0 Å². The molecule has 1 atom stereocenters. The molecular weight excluding hydrogens is 200 g/mol. The third kappa shape index (κ3) is 7.86. The fourth-order valence-electron chi connectivity index (χ4n) is 1.86. The number of hydrogen-bond donors (Lipinski definition) is 1. The number of hydrogen-bond acceptors (Lipinski definition) is 2. The Bertz CT molecular complexity index is 195. The SMILES string of the molecule is CCCCCC(C)(O)CCCC(C)(C)C=O. The van der Waals surface area contributed by atoms with Gasteiger partial charge in [-0.05, 0) is 32.6 Å². The van der Waals surface area contributed by atoms with E-state index in [1.807, 2.05) is 20.8 Å². The minimum atomic E-state index is -0.547. The van der Waals surface area contributed by atoms with E-state index in [0.29, 0.717) is 0 Å². The van der Waals surface area contributed by atoms with Crippen LogP contribution in [0, 0.1) is 5.41 Å². The maximum absolute atomic E-state index is 10.7. The Morgan fingerprint density at radius 3 is 2.06 bits per heavy atom. The average molecular weight is 228 g/mol. The number of unbranched alkanes of at least 4 members (excludes halogenated alkanes) is 2. The zero-order valence-corrected chi connectivity index (χ0v) is 11.4. The lowest BCUT2D eigenvalue weighted by molar-refractivity contribution is -0.115. The van der Waals surface area contributed by atoms with Crippen LogP contribution in [0.3, 0.4) is 0 Å². The molecule has 0 rings (SSSR count). The summed E-state index contributed by atoms with van der Waals surface area (Å²) < 4.78 is 0. The van der Waals surface area contributed by atoms with Crippen molar-refractivity contribution in [1.82, 2.24) is 0 Å². The molecule has 0 aromatic carbocycles. The van der Waals surface area contributed by atoms with E-state index in [-0.39, 0.29) is 5.41 Å². The molecule has 0 aromatic heterocycles. The Labute approximate surface area is 100 Å². The third-order valence-corrected chi connectivity index (χ3v) is 3.17. The molecule has 96 valence electrons. The molecule has 0 heterocycles. The molecule has 0 aliphatic carbocycles. The molecule has 16 heavy (non-hydrogen) atoms. The quantitative estimate of drug-likeness (QED) is 0.482. The first kappa shape index (κ1) is 15.6. The summed E-state index contributed by atoms with van der Waals surface area (Å²) in [6.07, 6.45) is 7.95. The van der Waals surface area contributed by atoms with Crippen LogP contribution in [0.4, 0.5) is 0 Å². The fraction of sp³-hybridized carbons (Fsp3) is 0.929. The van der Waals surface area contributed by atoms with E-state index in [4.69, 9.17) is 0 Å². The zero-order chi connectivity index (χ0) is 12.7. The number of carbonyl (C=O) groups is 1. The van der Waals surface area contributed by atoms with Gasteiger partial charge in [0.25, 0.3) is 0 Å². The Hall–Kier alpha value is -0.370. The van der Waals surface area contributed by atoms with Gasteiger partial charge < -0.3 is 9.90 Å². The summed E-state index contributed by atoms with van der Waals surface area (Å²) in [5.41, 5.74) is -0.784. The maximum atomic E-state index is 10.7. The smallest absolute Gasteiger partial charge is 0.125 e. The number of aldehydes is 1. The summed E-state index contributed by atoms with van der Waals surface area (Å²) in [4.78, 5) is 10.7. The van der Waals surface area contributed by atoms with Gasteiger partial charge in [-0.25, -0.2) is 0 Å². The first-order valence-corrected chi connectivity index (χ1v) is 6.52. The van der Waals surface area contributed by atoms with Gasteiger partial charge in [0.2, 0.25) is 0 Å². The first-order chi connectivity index (χ1) is 7.33. The van der Waals surface area contributed by atoms with Gasteiger partial charge in [-0.2, -0.15) is 0 Å². The van der Waals surface area contributed by atoms with Gasteiger partial charge >= 0.3 is 0 Å². The summed E-state index contributed by atoms with van der Waals surface area (Å²) in [5, 5.41) is 10.1. The maximum Gasteiger partial charge on any atom is 0.125 e. The minimum absolute atomic E-state index is 0.237. The van der Waals surface area contributed by atoms with Crippen LogP contribution in [0.2, 0.25) is 0 Å². The molecule has 0 aromatic rings. The van der Waals surface area contributed by atoms with Crippen molar-refractivity contribution < 1.29 is 9.90 Å². The van der Waals surface area contributed by atoms with Crippen LogP contribution in [0.1, 0.15) is 72.6 Å². The highest BCUT2D eigenvalue weighted by Crippen LogP contribution is 2.26. The molecule has 2 nitrogen and oxygen atoms in total. The summed E-state index contributed by atoms with van der Waals surface area (Å²) in [6.45, 7) is 7.98. The molecule has 0 aliphatic rings. The molecule has 2 heteroatoms. The van der Waals surface area contributed by atoms with Crippen LogP contribution in [-0.2, 0) is 4.79 Å². The molecule has 0 radical (unpaired) electrons. The highest BCUT2D eigenvalue weighted by atomic mass is 16.3. The molecule has 0 saturated heterocycles. The van der Waals surface area contributed by atoms with Gasteiger partial charge in [-0.1, -0.05) is 40.0 Å². The van der Waals surface area contributed by atoms with E-state index in [2.05, 4.69) is 6.92 Å². The predicted octanol–water partition coefficient (Wildman–Crippen LogP) is 3.71. The summed E-state index contributed by atoms with van der Waals surface area (Å²) in [6, 6.07) is 0. The fourth-order valence-corrected chi connectivity index (χ4v) is 1.86. The Morgan fingerprint density at radius 2 is 1.56 bits per heavy atom. The van der Waals surface area contributed by atoms with E-state index < -0.39 is 5.60 Å². The largest absolute Gasteiger partial charge is 0.390 e. The average Bonchev–Trinajstić information content (AvgIpc) is 2.17. The second-order valence-corrected chi connectivity index (χ2v) is 5.91. The van der Waals surface area contributed by atoms with Crippen LogP contribution < -0.4 is 0 Å². The van der Waals surface area contributed by atoms with Crippen LogP contribution in [-0.4, -0.2) is 17.0 Å². The van der Waals surface area contributed by atoms with Crippen LogP contribution in [0.15, 0.2) is 0 Å². The highest BCUT2D eigenvalue weighted by Gasteiger charge is 2.22. The van der Waals surface area contributed by atoms with Crippen LogP contribution in [0.25, 0.3) is 0 Å². The zero-order valence-electron chi connectivity index (χ0n) is 11.4. The van der Waals surface area contributed by atoms with E-state index in [1.54, 1.807) is 0 Å². The van der Waals surface area contributed by atoms with Crippen LogP contribution >= 0.6 is 0 Å². The van der Waals surface area contributed by atoms with Gasteiger partial charge in [0.05, 0.1) is 5.60 Å². The summed E-state index contributed by atoms with van der Waals surface area (Å²) >= 11 is 0. The molecular formula is C14H28O2. The Morgan fingerprint density at radius 1 is 1.00 bits per heavy atom. The lowest BCUT2D eigenvalue weighted by Crippen LogP contribution is -2.25. The van der Waals surface area contributed by atoms with Crippen molar-refractivity contribution in [3.63, 3.8) is 0 Å². The van der Waals surface area contributed by atoms with Gasteiger partial charge in [0.15, 0.2) is 0 Å². The summed E-state index contributed by atoms with van der Waals surface area (Å²) in [5.74, 6) is 0. The predicted molar refractivity (Wildman–Crippen MR) is 68.5 cm³/mol. The third-order valence-electron chi connectivity index (χ3n) is 3.17. The normalized spacial score (nSPS) is 15.8. The molecule has 0 saturated carbocycles. The number of rotatable bonds is 9. The second kappa shape index (κ2) is 7.05. The molecule has 0 fully saturated rings. The standard InChI is InChI=1S/C14H28O2/c1-5-6-7-10-14(4,16)11-8-9-13(2,3)12-15/h12,16H,5-11H2,1-4H3. The van der Waals surface area contributed by atoms with Gasteiger partial charge in [0, 0.05) is 5.41 Å². The second-order valence-electron chi connectivity index (χ2n) is 5.91. The lowest BCUT2D eigenvalue weighted by atomic mass is 9.85. The molecule has 1 N–H and O–H groups in total. The minimum Gasteiger partial charge on any atom is -0.390 e. The van der Waals surface area contributed by atoms with Crippen molar-refractivity contribution in [2.24, 2.45) is 5.41 Å². The Balaban J connectivity index is 3.77. The molecule has 0 bridgehead atoms. The summed E-state index contributed by atoms with van der Waals surface area (Å²) in [7, 11) is 0. The van der Waals surface area contributed by atoms with Crippen molar-refractivity contribution in [1.29, 1.82) is 0 Å². The first-order valence-electron chi connectivity index (χ1n) is 6.52. The van der Waals surface area contributed by atoms with Crippen molar-refractivity contribution in [3.05, 3.63) is 0 Å². The van der Waals surface area contributed by atoms with E-state index in [0.717, 1.165) is 38.4 Å². The van der Waals surface area contributed by atoms with E-state index in [9.17, 15) is 9.90 Å². The van der Waals surface area contributed by atoms with Gasteiger partial charge in [-0.15, -0.1) is 0 Å². The lowest BCUT2D eigenvalue weighted by Gasteiger charge is -2.25. The molecule has 0 spiro atoms. The van der Waals surface area contributed by atoms with E-state index >= 15 is 0 Å². The number of carbonyl (C=O) groups excluding carboxylic acids is 1. The highest BCUT2D eigenvalue weighted by molar-refractivity contribution is 5.57. The van der Waals surface area contributed by atoms with Gasteiger partial charge in [0.1, 0.15) is 6.29 Å². The number of aliphatic hydroxyl groups is 1. The molecule has 0 aliphatic heterocycles. The van der Waals surface area contributed by atoms with Crippen molar-refractivity contribution in [2.45, 2.75) is 78.2 Å². The van der Waals surface area contributed by atoms with Crippen molar-refractivity contribution in [2.75, 3.05) is 0 Å². The topological polar surface area (TPSA) is 37.3 Å². The monoisotopic (exact) mass is 228 g/mol. The van der Waals surface area contributed by atoms with Gasteiger partial charge in [-0.3, -0.25) is 0 Å². The van der Waals surface area contributed by atoms with Crippen molar-refractivity contribution >= 4 is 6.29 Å². The Kier molecular flexibility index (Phi) is 6.89.